The molecule has 1 saturated carbocycles. The van der Waals surface area contributed by atoms with Gasteiger partial charge in [-0.1, -0.05) is 17.3 Å². The largest absolute Gasteiger partial charge is 0.342 e. The molecule has 1 amide bonds. The molecule has 6 nitrogen and oxygen atoms in total. The van der Waals surface area contributed by atoms with E-state index in [1.54, 1.807) is 12.1 Å². The van der Waals surface area contributed by atoms with Crippen molar-refractivity contribution in [2.45, 2.75) is 43.9 Å². The molecule has 1 aromatic carbocycles. The lowest BCUT2D eigenvalue weighted by atomic mass is 9.70. The Morgan fingerprint density at radius 2 is 1.97 bits per heavy atom. The highest BCUT2D eigenvalue weighted by molar-refractivity contribution is 5.78. The summed E-state index contributed by atoms with van der Waals surface area (Å²) in [7, 11) is 2.15. The highest BCUT2D eigenvalue weighted by Crippen LogP contribution is 2.49. The number of hydrogen-bond donors (Lipinski definition) is 0. The molecular formula is C22H27FN4O2. The van der Waals surface area contributed by atoms with Crippen molar-refractivity contribution in [3.63, 3.8) is 0 Å². The van der Waals surface area contributed by atoms with E-state index < -0.39 is 0 Å². The quantitative estimate of drug-likeness (QED) is 0.792. The van der Waals surface area contributed by atoms with Gasteiger partial charge in [0.05, 0.1) is 6.42 Å². The lowest BCUT2D eigenvalue weighted by molar-refractivity contribution is -0.132. The molecular weight excluding hydrogens is 371 g/mol. The molecule has 154 valence electrons. The first-order chi connectivity index (χ1) is 14.0. The maximum Gasteiger partial charge on any atom is 0.229 e. The van der Waals surface area contributed by atoms with E-state index in [2.05, 4.69) is 17.1 Å². The fraction of sp³-hybridized carbons (Fsp3) is 0.591. The normalized spacial score (nSPS) is 24.3. The Morgan fingerprint density at radius 1 is 1.24 bits per heavy atom. The minimum Gasteiger partial charge on any atom is -0.342 e. The Kier molecular flexibility index (Phi) is 4.65. The number of hydrogen-bond acceptors (Lipinski definition) is 5. The third-order valence-electron chi connectivity index (χ3n) is 6.89. The second kappa shape index (κ2) is 7.20. The van der Waals surface area contributed by atoms with E-state index in [-0.39, 0.29) is 23.1 Å². The summed E-state index contributed by atoms with van der Waals surface area (Å²) in [5, 5.41) is 4.34. The standard InChI is InChI=1S/C22H27FN4O2/c1-26-13-18(20-24-21(29-25-20)16-4-5-16)22(14-26)8-10-27(11-9-22)19(28)12-15-2-6-17(23)7-3-15/h2-3,6-7,16,18H,4-5,8-14H2,1H3. The van der Waals surface area contributed by atoms with Gasteiger partial charge in [0, 0.05) is 38.0 Å². The van der Waals surface area contributed by atoms with Crippen LogP contribution >= 0.6 is 0 Å². The Balaban J connectivity index is 1.25. The zero-order chi connectivity index (χ0) is 20.0. The van der Waals surface area contributed by atoms with Crippen molar-refractivity contribution in [3.8, 4) is 0 Å². The lowest BCUT2D eigenvalue weighted by Crippen LogP contribution is -2.46. The molecule has 29 heavy (non-hydrogen) atoms. The Labute approximate surface area is 170 Å². The molecule has 1 aliphatic carbocycles. The number of benzene rings is 1. The van der Waals surface area contributed by atoms with Crippen molar-refractivity contribution >= 4 is 5.91 Å². The number of carbonyl (C=O) groups excluding carboxylic acids is 1. The van der Waals surface area contributed by atoms with Crippen LogP contribution in [0.25, 0.3) is 0 Å². The number of halogens is 1. The first kappa shape index (κ1) is 18.7. The molecule has 2 saturated heterocycles. The van der Waals surface area contributed by atoms with Crippen molar-refractivity contribution < 1.29 is 13.7 Å². The molecule has 1 spiro atoms. The van der Waals surface area contributed by atoms with Crippen LogP contribution in [-0.4, -0.2) is 59.1 Å². The molecule has 3 aliphatic rings. The Hall–Kier alpha value is -2.28. The van der Waals surface area contributed by atoms with Crippen LogP contribution in [0.15, 0.2) is 28.8 Å². The lowest BCUT2D eigenvalue weighted by Gasteiger charge is -2.42. The molecule has 7 heteroatoms. The average molecular weight is 398 g/mol. The number of aromatic nitrogens is 2. The van der Waals surface area contributed by atoms with Crippen LogP contribution in [-0.2, 0) is 11.2 Å². The second-order valence-corrected chi connectivity index (χ2v) is 9.06. The van der Waals surface area contributed by atoms with E-state index in [0.717, 1.165) is 69.1 Å². The van der Waals surface area contributed by atoms with Gasteiger partial charge in [-0.25, -0.2) is 4.39 Å². The van der Waals surface area contributed by atoms with Gasteiger partial charge >= 0.3 is 0 Å². The predicted octanol–water partition coefficient (Wildman–Crippen LogP) is 2.97. The molecule has 0 radical (unpaired) electrons. The van der Waals surface area contributed by atoms with Crippen LogP contribution in [0, 0.1) is 11.2 Å². The number of nitrogens with zero attached hydrogens (tertiary/aromatic N) is 4. The van der Waals surface area contributed by atoms with Crippen molar-refractivity contribution in [2.24, 2.45) is 5.41 Å². The van der Waals surface area contributed by atoms with Gasteiger partial charge in [0.25, 0.3) is 0 Å². The number of rotatable bonds is 4. The van der Waals surface area contributed by atoms with E-state index in [1.807, 2.05) is 4.90 Å². The van der Waals surface area contributed by atoms with Crippen LogP contribution in [0.4, 0.5) is 4.39 Å². The van der Waals surface area contributed by atoms with Crippen LogP contribution in [0.2, 0.25) is 0 Å². The molecule has 2 aliphatic heterocycles. The van der Waals surface area contributed by atoms with Gasteiger partial charge in [0.15, 0.2) is 5.82 Å². The summed E-state index contributed by atoms with van der Waals surface area (Å²) in [6.45, 7) is 3.44. The third kappa shape index (κ3) is 3.68. The van der Waals surface area contributed by atoms with Gasteiger partial charge in [-0.2, -0.15) is 4.98 Å². The van der Waals surface area contributed by atoms with Gasteiger partial charge in [0.1, 0.15) is 5.82 Å². The van der Waals surface area contributed by atoms with Crippen molar-refractivity contribution in [3.05, 3.63) is 47.4 Å². The minimum absolute atomic E-state index is 0.103. The van der Waals surface area contributed by atoms with Crippen LogP contribution in [0.5, 0.6) is 0 Å². The number of carbonyl (C=O) groups is 1. The summed E-state index contributed by atoms with van der Waals surface area (Å²) < 4.78 is 18.6. The summed E-state index contributed by atoms with van der Waals surface area (Å²) in [4.78, 5) is 21.8. The SMILES string of the molecule is CN1CC(c2noc(C3CC3)n2)C2(CCN(C(=O)Cc3ccc(F)cc3)CC2)C1. The van der Waals surface area contributed by atoms with Gasteiger partial charge < -0.3 is 14.3 Å². The highest BCUT2D eigenvalue weighted by Gasteiger charge is 2.50. The maximum absolute atomic E-state index is 13.1. The van der Waals surface area contributed by atoms with Gasteiger partial charge in [-0.05, 0) is 55.8 Å². The molecule has 3 fully saturated rings. The second-order valence-electron chi connectivity index (χ2n) is 9.06. The van der Waals surface area contributed by atoms with E-state index in [4.69, 9.17) is 9.51 Å². The molecule has 1 unspecified atom stereocenters. The topological polar surface area (TPSA) is 62.5 Å². The molecule has 1 aromatic heterocycles. The molecule has 0 N–H and O–H groups in total. The first-order valence-electron chi connectivity index (χ1n) is 10.6. The minimum atomic E-state index is -0.274. The van der Waals surface area contributed by atoms with Crippen LogP contribution < -0.4 is 0 Å². The van der Waals surface area contributed by atoms with E-state index in [1.165, 1.54) is 12.1 Å². The Bertz CT molecular complexity index is 884. The molecule has 2 aromatic rings. The monoisotopic (exact) mass is 398 g/mol. The van der Waals surface area contributed by atoms with Crippen molar-refractivity contribution in [2.75, 3.05) is 33.2 Å². The number of likely N-dealkylation sites (tertiary alicyclic amines) is 2. The highest BCUT2D eigenvalue weighted by atomic mass is 19.1. The summed E-state index contributed by atoms with van der Waals surface area (Å²) >= 11 is 0. The summed E-state index contributed by atoms with van der Waals surface area (Å²) in [5.74, 6) is 2.23. The van der Waals surface area contributed by atoms with E-state index in [9.17, 15) is 9.18 Å². The summed E-state index contributed by atoms with van der Waals surface area (Å²) in [6, 6.07) is 6.20. The fourth-order valence-corrected chi connectivity index (χ4v) is 5.05. The van der Waals surface area contributed by atoms with Crippen LogP contribution in [0.1, 0.15) is 54.8 Å². The van der Waals surface area contributed by atoms with E-state index in [0.29, 0.717) is 12.3 Å². The molecule has 0 bridgehead atoms. The molecule has 5 rings (SSSR count). The number of piperidine rings is 1. The Morgan fingerprint density at radius 3 is 2.66 bits per heavy atom. The van der Waals surface area contributed by atoms with Crippen LogP contribution in [0.3, 0.4) is 0 Å². The van der Waals surface area contributed by atoms with Gasteiger partial charge in [-0.3, -0.25) is 4.79 Å². The maximum atomic E-state index is 13.1. The summed E-state index contributed by atoms with van der Waals surface area (Å²) in [5.41, 5.74) is 0.959. The third-order valence-corrected chi connectivity index (χ3v) is 6.89. The predicted molar refractivity (Wildman–Crippen MR) is 105 cm³/mol. The molecule has 1 atom stereocenters. The zero-order valence-electron chi connectivity index (χ0n) is 16.8. The fourth-order valence-electron chi connectivity index (χ4n) is 5.05. The summed E-state index contributed by atoms with van der Waals surface area (Å²) in [6.07, 6.45) is 4.53. The first-order valence-corrected chi connectivity index (χ1v) is 10.6. The van der Waals surface area contributed by atoms with Crippen molar-refractivity contribution in [1.29, 1.82) is 0 Å². The van der Waals surface area contributed by atoms with Crippen molar-refractivity contribution in [1.82, 2.24) is 19.9 Å². The smallest absolute Gasteiger partial charge is 0.229 e. The van der Waals surface area contributed by atoms with Gasteiger partial charge in [-0.15, -0.1) is 0 Å². The molecule has 3 heterocycles. The average Bonchev–Trinajstić information content (AvgIpc) is 3.36. The number of amides is 1. The van der Waals surface area contributed by atoms with Gasteiger partial charge in [0.2, 0.25) is 11.8 Å². The number of likely N-dealkylation sites (N-methyl/N-ethyl adjacent to an activating group) is 1. The van der Waals surface area contributed by atoms with E-state index >= 15 is 0 Å². The zero-order valence-corrected chi connectivity index (χ0v) is 16.8.